The third kappa shape index (κ3) is 3.16. The Morgan fingerprint density at radius 1 is 1.33 bits per heavy atom. The normalized spacial score (nSPS) is 31.8. The van der Waals surface area contributed by atoms with Crippen LogP contribution in [0.3, 0.4) is 0 Å². The van der Waals surface area contributed by atoms with Gasteiger partial charge in [-0.15, -0.1) is 0 Å². The molecule has 0 aromatic carbocycles. The first-order valence-electron chi connectivity index (χ1n) is 6.33. The second-order valence-electron chi connectivity index (χ2n) is 4.67. The molecular formula is C12H23NO2. The zero-order valence-electron chi connectivity index (χ0n) is 9.71. The van der Waals surface area contributed by atoms with Gasteiger partial charge >= 0.3 is 0 Å². The average Bonchev–Trinajstić information content (AvgIpc) is 2.58. The highest BCUT2D eigenvalue weighted by atomic mass is 16.6. The molecule has 1 saturated heterocycles. The summed E-state index contributed by atoms with van der Waals surface area (Å²) in [7, 11) is 0. The van der Waals surface area contributed by atoms with Crippen molar-refractivity contribution in [2.24, 2.45) is 5.92 Å². The molecule has 2 unspecified atom stereocenters. The van der Waals surface area contributed by atoms with E-state index in [0.717, 1.165) is 38.3 Å². The van der Waals surface area contributed by atoms with E-state index >= 15 is 0 Å². The van der Waals surface area contributed by atoms with Crippen LogP contribution in [0.25, 0.3) is 0 Å². The molecule has 1 saturated carbocycles. The minimum atomic E-state index is 0.393. The zero-order valence-corrected chi connectivity index (χ0v) is 9.71. The second-order valence-corrected chi connectivity index (χ2v) is 4.67. The average molecular weight is 213 g/mol. The Balaban J connectivity index is 1.59. The fourth-order valence-electron chi connectivity index (χ4n) is 2.61. The van der Waals surface area contributed by atoms with Crippen LogP contribution in [0.4, 0.5) is 0 Å². The summed E-state index contributed by atoms with van der Waals surface area (Å²) >= 11 is 0. The summed E-state index contributed by atoms with van der Waals surface area (Å²) in [6.45, 7) is 5.82. The van der Waals surface area contributed by atoms with Gasteiger partial charge in [-0.3, -0.25) is 0 Å². The van der Waals surface area contributed by atoms with E-state index in [1.54, 1.807) is 0 Å². The van der Waals surface area contributed by atoms with Crippen molar-refractivity contribution >= 4 is 0 Å². The lowest BCUT2D eigenvalue weighted by Gasteiger charge is -2.27. The quantitative estimate of drug-likeness (QED) is 0.726. The number of nitrogens with one attached hydrogen (secondary N) is 1. The van der Waals surface area contributed by atoms with E-state index in [9.17, 15) is 0 Å². The van der Waals surface area contributed by atoms with Crippen LogP contribution < -0.4 is 5.32 Å². The summed E-state index contributed by atoms with van der Waals surface area (Å²) < 4.78 is 10.8. The van der Waals surface area contributed by atoms with Crippen LogP contribution in [0.5, 0.6) is 0 Å². The maximum absolute atomic E-state index is 5.71. The standard InChI is InChI=1S/C12H23NO2/c1-2-13-12-5-3-4-10(12)6-7-15-11-8-14-9-11/h10-13H,2-9H2,1H3. The molecule has 0 aromatic heterocycles. The minimum absolute atomic E-state index is 0.393. The van der Waals surface area contributed by atoms with Crippen LogP contribution in [-0.2, 0) is 9.47 Å². The molecule has 1 heterocycles. The number of hydrogen-bond donors (Lipinski definition) is 1. The van der Waals surface area contributed by atoms with E-state index in [1.165, 1.54) is 25.7 Å². The maximum Gasteiger partial charge on any atom is 0.104 e. The Hall–Kier alpha value is -0.120. The largest absolute Gasteiger partial charge is 0.376 e. The van der Waals surface area contributed by atoms with E-state index in [-0.39, 0.29) is 0 Å². The molecule has 2 rings (SSSR count). The summed E-state index contributed by atoms with van der Waals surface area (Å²) in [6, 6.07) is 0.747. The van der Waals surface area contributed by atoms with Crippen LogP contribution >= 0.6 is 0 Å². The van der Waals surface area contributed by atoms with Crippen LogP contribution in [0, 0.1) is 5.92 Å². The third-order valence-electron chi connectivity index (χ3n) is 3.58. The second kappa shape index (κ2) is 5.83. The van der Waals surface area contributed by atoms with Gasteiger partial charge in [-0.25, -0.2) is 0 Å². The molecule has 3 nitrogen and oxygen atoms in total. The van der Waals surface area contributed by atoms with E-state index in [1.807, 2.05) is 0 Å². The predicted octanol–water partition coefficient (Wildman–Crippen LogP) is 1.57. The molecule has 0 spiro atoms. The summed E-state index contributed by atoms with van der Waals surface area (Å²) in [6.07, 6.45) is 5.72. The van der Waals surface area contributed by atoms with Crippen molar-refractivity contribution in [2.45, 2.75) is 44.8 Å². The summed E-state index contributed by atoms with van der Waals surface area (Å²) in [4.78, 5) is 0. The fraction of sp³-hybridized carbons (Fsp3) is 1.00. The molecule has 2 aliphatic rings. The maximum atomic E-state index is 5.71. The number of ether oxygens (including phenoxy) is 2. The Morgan fingerprint density at radius 3 is 2.87 bits per heavy atom. The summed E-state index contributed by atoms with van der Waals surface area (Å²) in [5.41, 5.74) is 0. The van der Waals surface area contributed by atoms with Crippen molar-refractivity contribution in [2.75, 3.05) is 26.4 Å². The topological polar surface area (TPSA) is 30.5 Å². The van der Waals surface area contributed by atoms with Crippen LogP contribution in [-0.4, -0.2) is 38.5 Å². The highest BCUT2D eigenvalue weighted by Gasteiger charge is 2.26. The molecule has 2 atom stereocenters. The first-order chi connectivity index (χ1) is 7.40. The van der Waals surface area contributed by atoms with Gasteiger partial charge in [0.15, 0.2) is 0 Å². The van der Waals surface area contributed by atoms with Crippen molar-refractivity contribution < 1.29 is 9.47 Å². The molecule has 15 heavy (non-hydrogen) atoms. The molecule has 1 aliphatic carbocycles. The zero-order chi connectivity index (χ0) is 10.5. The first kappa shape index (κ1) is 11.4. The van der Waals surface area contributed by atoms with Gasteiger partial charge in [0.05, 0.1) is 13.2 Å². The molecule has 1 aliphatic heterocycles. The van der Waals surface area contributed by atoms with Crippen LogP contribution in [0.1, 0.15) is 32.6 Å². The monoisotopic (exact) mass is 213 g/mol. The van der Waals surface area contributed by atoms with Gasteiger partial charge in [-0.2, -0.15) is 0 Å². The molecule has 2 fully saturated rings. The lowest BCUT2D eigenvalue weighted by molar-refractivity contribution is -0.131. The van der Waals surface area contributed by atoms with Crippen molar-refractivity contribution in [1.29, 1.82) is 0 Å². The van der Waals surface area contributed by atoms with Crippen molar-refractivity contribution in [3.05, 3.63) is 0 Å². The van der Waals surface area contributed by atoms with Gasteiger partial charge in [0, 0.05) is 12.6 Å². The van der Waals surface area contributed by atoms with Gasteiger partial charge in [0.25, 0.3) is 0 Å². The van der Waals surface area contributed by atoms with Gasteiger partial charge in [0.2, 0.25) is 0 Å². The molecule has 0 radical (unpaired) electrons. The Kier molecular flexibility index (Phi) is 4.42. The van der Waals surface area contributed by atoms with E-state index in [0.29, 0.717) is 6.10 Å². The van der Waals surface area contributed by atoms with Crippen LogP contribution in [0.2, 0.25) is 0 Å². The van der Waals surface area contributed by atoms with Gasteiger partial charge in [-0.1, -0.05) is 13.3 Å². The van der Waals surface area contributed by atoms with E-state index in [4.69, 9.17) is 9.47 Å². The van der Waals surface area contributed by atoms with Gasteiger partial charge < -0.3 is 14.8 Å². The summed E-state index contributed by atoms with van der Waals surface area (Å²) in [5, 5.41) is 3.58. The first-order valence-corrected chi connectivity index (χ1v) is 6.33. The number of hydrogen-bond acceptors (Lipinski definition) is 3. The van der Waals surface area contributed by atoms with Gasteiger partial charge in [0.1, 0.15) is 6.10 Å². The molecule has 3 heteroatoms. The van der Waals surface area contributed by atoms with Crippen LogP contribution in [0.15, 0.2) is 0 Å². The lowest BCUT2D eigenvalue weighted by Crippen LogP contribution is -2.37. The Labute approximate surface area is 92.5 Å². The molecule has 0 amide bonds. The summed E-state index contributed by atoms with van der Waals surface area (Å²) in [5.74, 6) is 0.839. The molecule has 0 bridgehead atoms. The highest BCUT2D eigenvalue weighted by molar-refractivity contribution is 4.82. The highest BCUT2D eigenvalue weighted by Crippen LogP contribution is 2.28. The number of rotatable bonds is 6. The Bertz CT molecular complexity index is 182. The smallest absolute Gasteiger partial charge is 0.104 e. The Morgan fingerprint density at radius 2 is 2.20 bits per heavy atom. The molecular weight excluding hydrogens is 190 g/mol. The van der Waals surface area contributed by atoms with E-state index < -0.39 is 0 Å². The van der Waals surface area contributed by atoms with Crippen molar-refractivity contribution in [3.8, 4) is 0 Å². The van der Waals surface area contributed by atoms with Gasteiger partial charge in [-0.05, 0) is 31.7 Å². The lowest BCUT2D eigenvalue weighted by atomic mass is 10.00. The predicted molar refractivity (Wildman–Crippen MR) is 60.0 cm³/mol. The van der Waals surface area contributed by atoms with Crippen molar-refractivity contribution in [3.63, 3.8) is 0 Å². The molecule has 1 N–H and O–H groups in total. The molecule has 0 aromatic rings. The minimum Gasteiger partial charge on any atom is -0.376 e. The molecule has 88 valence electrons. The third-order valence-corrected chi connectivity index (χ3v) is 3.58. The SMILES string of the molecule is CCNC1CCCC1CCOC1COC1. The van der Waals surface area contributed by atoms with Crippen molar-refractivity contribution in [1.82, 2.24) is 5.32 Å². The van der Waals surface area contributed by atoms with E-state index in [2.05, 4.69) is 12.2 Å². The fourth-order valence-corrected chi connectivity index (χ4v) is 2.61.